The number of fused-ring (bicyclic) bond motifs is 5. The summed E-state index contributed by atoms with van der Waals surface area (Å²) in [5.41, 5.74) is -1.13. The molecule has 6 aliphatic carbocycles. The molecule has 1 aromatic carbocycles. The Labute approximate surface area is 343 Å². The molecule has 8 rings (SSSR count). The van der Waals surface area contributed by atoms with Gasteiger partial charge in [0.15, 0.2) is 6.29 Å². The molecule has 0 amide bonds. The van der Waals surface area contributed by atoms with Crippen molar-refractivity contribution in [1.29, 1.82) is 0 Å². The van der Waals surface area contributed by atoms with Gasteiger partial charge >= 0.3 is 5.97 Å². The van der Waals surface area contributed by atoms with Crippen LogP contribution in [0, 0.1) is 68.0 Å². The van der Waals surface area contributed by atoms with Crippen molar-refractivity contribution in [3.8, 4) is 0 Å². The number of aliphatic carboxylic acids is 1. The number of carboxylic acids is 1. The molecule has 0 radical (unpaired) electrons. The second-order valence-corrected chi connectivity index (χ2v) is 20.9. The third kappa shape index (κ3) is 6.03. The van der Waals surface area contributed by atoms with E-state index < -0.39 is 59.0 Å². The Hall–Kier alpha value is -2.19. The van der Waals surface area contributed by atoms with E-state index in [0.29, 0.717) is 32.1 Å². The molecule has 18 atom stereocenters. The van der Waals surface area contributed by atoms with Gasteiger partial charge in [-0.1, -0.05) is 88.8 Å². The topological polar surface area (TPSA) is 186 Å². The number of carboxylic acid groups (broad SMARTS) is 1. The van der Waals surface area contributed by atoms with Crippen LogP contribution in [0.25, 0.3) is 0 Å². The van der Waals surface area contributed by atoms with Crippen molar-refractivity contribution in [1.82, 2.24) is 0 Å². The Bertz CT molecular complexity index is 1750. The van der Waals surface area contributed by atoms with Crippen LogP contribution >= 0.6 is 0 Å². The highest BCUT2D eigenvalue weighted by Crippen LogP contribution is 2.80. The summed E-state index contributed by atoms with van der Waals surface area (Å²) in [7, 11) is 0. The Kier molecular flexibility index (Phi) is 11.0. The lowest BCUT2D eigenvalue weighted by Gasteiger charge is -2.77. The molecule has 0 aromatic heterocycles. The van der Waals surface area contributed by atoms with Gasteiger partial charge in [-0.05, 0) is 108 Å². The number of hydrogen-bond acceptors (Lipinski definition) is 10. The zero-order valence-corrected chi connectivity index (χ0v) is 35.0. The molecule has 4 bridgehead atoms. The van der Waals surface area contributed by atoms with Crippen LogP contribution in [0.3, 0.4) is 0 Å². The molecular weight excluding hydrogens is 741 g/mol. The fourth-order valence-corrected chi connectivity index (χ4v) is 15.0. The van der Waals surface area contributed by atoms with Gasteiger partial charge in [0.1, 0.15) is 18.3 Å². The van der Waals surface area contributed by atoms with Gasteiger partial charge in [-0.25, -0.2) is 0 Å². The Morgan fingerprint density at radius 1 is 0.879 bits per heavy atom. The summed E-state index contributed by atoms with van der Waals surface area (Å²) in [6.07, 6.45) is 5.45. The first-order chi connectivity index (χ1) is 27.5. The average Bonchev–Trinajstić information content (AvgIpc) is 3.20. The monoisotopic (exact) mass is 808 g/mol. The predicted octanol–water partition coefficient (Wildman–Crippen LogP) is 4.86. The summed E-state index contributed by atoms with van der Waals surface area (Å²) < 4.78 is 19.8. The van der Waals surface area contributed by atoms with E-state index in [2.05, 4.69) is 52.8 Å². The van der Waals surface area contributed by atoms with Gasteiger partial charge in [-0.3, -0.25) is 4.79 Å². The number of aliphatic hydroxyl groups is 6. The highest BCUT2D eigenvalue weighted by atomic mass is 16.7. The highest BCUT2D eigenvalue weighted by Gasteiger charge is 2.77. The van der Waals surface area contributed by atoms with Crippen LogP contribution in [0.5, 0.6) is 0 Å². The van der Waals surface area contributed by atoms with Crippen LogP contribution in [0.4, 0.5) is 0 Å². The summed E-state index contributed by atoms with van der Waals surface area (Å²) in [5.74, 6) is -1.23. The van der Waals surface area contributed by atoms with E-state index in [4.69, 9.17) is 14.2 Å². The van der Waals surface area contributed by atoms with Gasteiger partial charge in [0.05, 0.1) is 37.4 Å². The van der Waals surface area contributed by atoms with Crippen LogP contribution in [-0.4, -0.2) is 105 Å². The SMILES string of the molecule is C[C@]1(CO)CC[C@]2(C(=O)O)CC[C@]3(C)C(=C[C@@H](CCCO)[C@@H]4[C@]5(C)[C@@H]6[C@@H](C=C[C@H]5[C@@H](OCc5ccccc5)[C@@H](O[C@@H]5OC[C@@H](O)[C@H](O)[C@H]5O)[C@@]6(C)CO)C[C@]43C)[C@@H]2C1. The van der Waals surface area contributed by atoms with Crippen LogP contribution in [-0.2, 0) is 25.6 Å². The molecule has 1 aromatic rings. The number of hydrogen-bond donors (Lipinski definition) is 7. The van der Waals surface area contributed by atoms with Gasteiger partial charge in [0.25, 0.3) is 0 Å². The van der Waals surface area contributed by atoms with Crippen LogP contribution in [0.2, 0.25) is 0 Å². The van der Waals surface area contributed by atoms with Crippen molar-refractivity contribution in [2.45, 2.75) is 129 Å². The molecule has 322 valence electrons. The third-order valence-corrected chi connectivity index (χ3v) is 18.0. The largest absolute Gasteiger partial charge is 0.481 e. The van der Waals surface area contributed by atoms with Crippen LogP contribution in [0.1, 0.15) is 91.5 Å². The van der Waals surface area contributed by atoms with Crippen molar-refractivity contribution >= 4 is 5.97 Å². The summed E-state index contributed by atoms with van der Waals surface area (Å²) in [6.45, 7) is 11.3. The number of aliphatic hydroxyl groups excluding tert-OH is 6. The minimum absolute atomic E-state index is 0.00935. The molecule has 7 N–H and O–H groups in total. The maximum atomic E-state index is 13.4. The molecule has 11 heteroatoms. The van der Waals surface area contributed by atoms with E-state index >= 15 is 0 Å². The predicted molar refractivity (Wildman–Crippen MR) is 215 cm³/mol. The molecule has 1 saturated heterocycles. The minimum atomic E-state index is -1.52. The van der Waals surface area contributed by atoms with Crippen molar-refractivity contribution < 1.29 is 54.8 Å². The first-order valence-corrected chi connectivity index (χ1v) is 21.9. The van der Waals surface area contributed by atoms with Crippen molar-refractivity contribution in [3.05, 3.63) is 59.7 Å². The summed E-state index contributed by atoms with van der Waals surface area (Å²) in [6, 6.07) is 9.92. The quantitative estimate of drug-likeness (QED) is 0.120. The minimum Gasteiger partial charge on any atom is -0.481 e. The number of rotatable bonds is 11. The third-order valence-electron chi connectivity index (χ3n) is 18.0. The molecule has 11 nitrogen and oxygen atoms in total. The van der Waals surface area contributed by atoms with Gasteiger partial charge < -0.3 is 50.0 Å². The lowest BCUT2D eigenvalue weighted by molar-refractivity contribution is -0.348. The van der Waals surface area contributed by atoms with Crippen molar-refractivity contribution in [2.75, 3.05) is 26.4 Å². The molecule has 1 aliphatic heterocycles. The molecule has 58 heavy (non-hydrogen) atoms. The molecule has 1 heterocycles. The number of ether oxygens (including phenoxy) is 3. The second kappa shape index (κ2) is 15.0. The zero-order valence-electron chi connectivity index (χ0n) is 35.0. The summed E-state index contributed by atoms with van der Waals surface area (Å²) in [5, 5.41) is 76.0. The fourth-order valence-electron chi connectivity index (χ4n) is 15.0. The van der Waals surface area contributed by atoms with Gasteiger partial charge in [0, 0.05) is 24.5 Å². The van der Waals surface area contributed by atoms with Crippen molar-refractivity contribution in [3.63, 3.8) is 0 Å². The van der Waals surface area contributed by atoms with Gasteiger partial charge in [-0.15, -0.1) is 0 Å². The van der Waals surface area contributed by atoms with E-state index in [1.165, 1.54) is 5.57 Å². The maximum absolute atomic E-state index is 13.4. The second-order valence-electron chi connectivity index (χ2n) is 20.9. The van der Waals surface area contributed by atoms with E-state index in [0.717, 1.165) is 24.8 Å². The molecule has 7 aliphatic rings. The zero-order chi connectivity index (χ0) is 41.6. The van der Waals surface area contributed by atoms with E-state index in [-0.39, 0.29) is 84.8 Å². The van der Waals surface area contributed by atoms with Gasteiger partial charge in [-0.2, -0.15) is 0 Å². The van der Waals surface area contributed by atoms with E-state index in [1.807, 2.05) is 30.3 Å². The number of carbonyl (C=O) groups is 1. The molecule has 0 spiro atoms. The lowest BCUT2D eigenvalue weighted by Crippen LogP contribution is -2.75. The lowest BCUT2D eigenvalue weighted by atomic mass is 9.28. The first-order valence-electron chi connectivity index (χ1n) is 21.9. The summed E-state index contributed by atoms with van der Waals surface area (Å²) >= 11 is 0. The average molecular weight is 809 g/mol. The normalized spacial score (nSPS) is 50.6. The molecule has 0 unspecified atom stereocenters. The first kappa shape index (κ1) is 42.5. The highest BCUT2D eigenvalue weighted by molar-refractivity contribution is 5.76. The van der Waals surface area contributed by atoms with E-state index in [1.54, 1.807) is 0 Å². The maximum Gasteiger partial charge on any atom is 0.310 e. The molecule has 4 saturated carbocycles. The van der Waals surface area contributed by atoms with E-state index in [9.17, 15) is 40.5 Å². The smallest absolute Gasteiger partial charge is 0.310 e. The summed E-state index contributed by atoms with van der Waals surface area (Å²) in [4.78, 5) is 13.4. The van der Waals surface area contributed by atoms with Gasteiger partial charge in [0.2, 0.25) is 0 Å². The van der Waals surface area contributed by atoms with Crippen LogP contribution in [0.15, 0.2) is 54.1 Å². The number of allylic oxidation sites excluding steroid dienone is 3. The fraction of sp³-hybridized carbons (Fsp3) is 0.766. The Balaban J connectivity index is 1.28. The molecule has 5 fully saturated rings. The Morgan fingerprint density at radius 3 is 2.28 bits per heavy atom. The van der Waals surface area contributed by atoms with Crippen LogP contribution < -0.4 is 0 Å². The number of benzene rings is 1. The standard InChI is InChI=1S/C47H68O11/c1-42(25-49)15-17-47(41(54)55)18-16-44(3)31(32(47)22-42)20-28(12-9-19-48)38-45(44,4)21-29-13-14-30-36(56-23-27-10-7-6-8-11-27)39(43(2,26-50)37(29)46(30,38)5)58-40-35(53)34(52)33(51)24-57-40/h6-8,10-11,13-14,20,28-30,32-40,48-53H,9,12,15-19,21-26H2,1-5H3,(H,54,55)/t28-,29+,30+,32+,33-,34+,35-,36-,37-,38+,39-,40+,42+,43+,44-,45-,46+,47+/m1/s1. The Morgan fingerprint density at radius 2 is 1.60 bits per heavy atom. The molecular formula is C47H68O11. The van der Waals surface area contributed by atoms with Crippen molar-refractivity contribution in [2.24, 2.45) is 68.0 Å².